The molecule has 1 rings (SSSR count). The topological polar surface area (TPSA) is 37.8 Å². The van der Waals surface area contributed by atoms with E-state index in [4.69, 9.17) is 0 Å². The van der Waals surface area contributed by atoms with Gasteiger partial charge in [-0.3, -0.25) is 0 Å². The van der Waals surface area contributed by atoms with Crippen LogP contribution in [0.3, 0.4) is 0 Å². The zero-order valence-electron chi connectivity index (χ0n) is 9.76. The molecule has 1 heterocycles. The molecule has 0 fully saturated rings. The van der Waals surface area contributed by atoms with Crippen molar-refractivity contribution in [3.05, 3.63) is 16.5 Å². The van der Waals surface area contributed by atoms with Crippen molar-refractivity contribution in [3.8, 4) is 0 Å². The average molecular weight is 272 g/mol. The lowest BCUT2D eigenvalue weighted by Gasteiger charge is -2.23. The molecule has 0 aliphatic heterocycles. The highest BCUT2D eigenvalue weighted by Gasteiger charge is 2.14. The molecular formula is C11H18BrN3. The molecule has 1 aromatic rings. The van der Waals surface area contributed by atoms with Crippen molar-refractivity contribution in [2.45, 2.75) is 34.1 Å². The van der Waals surface area contributed by atoms with Gasteiger partial charge in [0.15, 0.2) is 0 Å². The number of nitrogens with one attached hydrogen (secondary N) is 1. The molecule has 0 bridgehead atoms. The van der Waals surface area contributed by atoms with Gasteiger partial charge in [0.1, 0.15) is 16.2 Å². The Kier molecular flexibility index (Phi) is 4.08. The lowest BCUT2D eigenvalue weighted by molar-refractivity contribution is 0.376. The molecule has 0 atom stereocenters. The Hall–Kier alpha value is -0.640. The van der Waals surface area contributed by atoms with Crippen LogP contribution in [0.5, 0.6) is 0 Å². The van der Waals surface area contributed by atoms with Gasteiger partial charge in [0.2, 0.25) is 0 Å². The van der Waals surface area contributed by atoms with Crippen molar-refractivity contribution in [1.29, 1.82) is 0 Å². The van der Waals surface area contributed by atoms with Crippen LogP contribution in [0.2, 0.25) is 0 Å². The van der Waals surface area contributed by atoms with E-state index in [0.29, 0.717) is 5.41 Å². The highest BCUT2D eigenvalue weighted by molar-refractivity contribution is 9.10. The molecular weight excluding hydrogens is 254 g/mol. The van der Waals surface area contributed by atoms with E-state index in [1.165, 1.54) is 0 Å². The van der Waals surface area contributed by atoms with Crippen LogP contribution in [-0.4, -0.2) is 16.5 Å². The van der Waals surface area contributed by atoms with Gasteiger partial charge in [-0.1, -0.05) is 20.8 Å². The minimum atomic E-state index is 0.297. The molecule has 1 N–H and O–H groups in total. The van der Waals surface area contributed by atoms with E-state index in [0.717, 1.165) is 29.2 Å². The number of nitrogens with zero attached hydrogens (tertiary/aromatic N) is 2. The molecule has 1 aromatic heterocycles. The summed E-state index contributed by atoms with van der Waals surface area (Å²) < 4.78 is 0.826. The van der Waals surface area contributed by atoms with Crippen molar-refractivity contribution in [3.63, 3.8) is 0 Å². The zero-order chi connectivity index (χ0) is 11.5. The smallest absolute Gasteiger partial charge is 0.130 e. The Bertz CT molecular complexity index is 316. The van der Waals surface area contributed by atoms with Crippen LogP contribution in [0.15, 0.2) is 10.7 Å². The van der Waals surface area contributed by atoms with Crippen molar-refractivity contribution in [2.24, 2.45) is 5.41 Å². The summed E-state index contributed by atoms with van der Waals surface area (Å²) in [7, 11) is 0. The molecule has 0 spiro atoms. The summed E-state index contributed by atoms with van der Waals surface area (Å²) in [5, 5.41) is 3.34. The van der Waals surface area contributed by atoms with Gasteiger partial charge in [-0.2, -0.15) is 0 Å². The third-order valence-electron chi connectivity index (χ3n) is 2.51. The molecule has 0 saturated carbocycles. The SMILES string of the molecule is CCC(C)(C)CNc1cc(Br)nc(C)n1. The van der Waals surface area contributed by atoms with Crippen LogP contribution in [0.25, 0.3) is 0 Å². The first-order valence-corrected chi connectivity index (χ1v) is 5.97. The number of aromatic nitrogens is 2. The Balaban J connectivity index is 2.65. The summed E-state index contributed by atoms with van der Waals surface area (Å²) in [5.74, 6) is 1.66. The fourth-order valence-electron chi connectivity index (χ4n) is 1.08. The van der Waals surface area contributed by atoms with Crippen LogP contribution in [0, 0.1) is 12.3 Å². The predicted molar refractivity (Wildman–Crippen MR) is 67.0 cm³/mol. The highest BCUT2D eigenvalue weighted by atomic mass is 79.9. The first kappa shape index (κ1) is 12.4. The second-order valence-electron chi connectivity index (χ2n) is 4.49. The molecule has 4 heteroatoms. The van der Waals surface area contributed by atoms with Crippen LogP contribution in [-0.2, 0) is 0 Å². The van der Waals surface area contributed by atoms with Crippen molar-refractivity contribution >= 4 is 21.7 Å². The van der Waals surface area contributed by atoms with Gasteiger partial charge in [0, 0.05) is 12.6 Å². The Labute approximate surface area is 99.8 Å². The maximum atomic E-state index is 4.32. The summed E-state index contributed by atoms with van der Waals surface area (Å²) in [6.07, 6.45) is 1.14. The van der Waals surface area contributed by atoms with Crippen LogP contribution >= 0.6 is 15.9 Å². The van der Waals surface area contributed by atoms with Gasteiger partial charge in [-0.15, -0.1) is 0 Å². The van der Waals surface area contributed by atoms with E-state index >= 15 is 0 Å². The normalized spacial score (nSPS) is 11.5. The molecule has 15 heavy (non-hydrogen) atoms. The monoisotopic (exact) mass is 271 g/mol. The van der Waals surface area contributed by atoms with Gasteiger partial charge in [0.05, 0.1) is 0 Å². The number of hydrogen-bond donors (Lipinski definition) is 1. The molecule has 84 valence electrons. The molecule has 0 saturated heterocycles. The summed E-state index contributed by atoms with van der Waals surface area (Å²) in [5.41, 5.74) is 0.297. The van der Waals surface area contributed by atoms with E-state index in [9.17, 15) is 0 Å². The minimum Gasteiger partial charge on any atom is -0.369 e. The molecule has 0 unspecified atom stereocenters. The van der Waals surface area contributed by atoms with E-state index in [2.05, 4.69) is 52.0 Å². The Morgan fingerprint density at radius 2 is 2.07 bits per heavy atom. The van der Waals surface area contributed by atoms with Gasteiger partial charge < -0.3 is 5.32 Å². The minimum absolute atomic E-state index is 0.297. The second-order valence-corrected chi connectivity index (χ2v) is 5.31. The first-order chi connectivity index (χ1) is 6.93. The lowest BCUT2D eigenvalue weighted by atomic mass is 9.90. The summed E-state index contributed by atoms with van der Waals surface area (Å²) in [6, 6.07) is 1.90. The fourth-order valence-corrected chi connectivity index (χ4v) is 1.55. The Morgan fingerprint density at radius 3 is 2.60 bits per heavy atom. The van der Waals surface area contributed by atoms with E-state index in [1.807, 2.05) is 13.0 Å². The first-order valence-electron chi connectivity index (χ1n) is 5.18. The van der Waals surface area contributed by atoms with Gasteiger partial charge in [0.25, 0.3) is 0 Å². The van der Waals surface area contributed by atoms with Gasteiger partial charge >= 0.3 is 0 Å². The largest absolute Gasteiger partial charge is 0.369 e. The maximum Gasteiger partial charge on any atom is 0.130 e. The second kappa shape index (κ2) is 4.92. The van der Waals surface area contributed by atoms with Crippen molar-refractivity contribution in [1.82, 2.24) is 9.97 Å². The summed E-state index contributed by atoms with van der Waals surface area (Å²) in [6.45, 7) is 9.49. The number of rotatable bonds is 4. The van der Waals surface area contributed by atoms with Crippen LogP contribution in [0.1, 0.15) is 33.0 Å². The molecule has 0 aromatic carbocycles. The van der Waals surface area contributed by atoms with Crippen LogP contribution in [0.4, 0.5) is 5.82 Å². The molecule has 0 radical (unpaired) electrons. The summed E-state index contributed by atoms with van der Waals surface area (Å²) >= 11 is 3.36. The third-order valence-corrected chi connectivity index (χ3v) is 2.92. The number of anilines is 1. The quantitative estimate of drug-likeness (QED) is 0.854. The summed E-state index contributed by atoms with van der Waals surface area (Å²) in [4.78, 5) is 8.48. The molecule has 0 amide bonds. The van der Waals surface area contributed by atoms with Gasteiger partial charge in [-0.05, 0) is 34.7 Å². The number of halogens is 1. The van der Waals surface area contributed by atoms with Crippen molar-refractivity contribution in [2.75, 3.05) is 11.9 Å². The molecule has 3 nitrogen and oxygen atoms in total. The lowest BCUT2D eigenvalue weighted by Crippen LogP contribution is -2.22. The zero-order valence-corrected chi connectivity index (χ0v) is 11.3. The average Bonchev–Trinajstić information content (AvgIpc) is 2.14. The third kappa shape index (κ3) is 4.16. The maximum absolute atomic E-state index is 4.32. The molecule has 0 aliphatic rings. The van der Waals surface area contributed by atoms with Gasteiger partial charge in [-0.25, -0.2) is 9.97 Å². The number of aryl methyl sites for hydroxylation is 1. The van der Waals surface area contributed by atoms with Crippen LogP contribution < -0.4 is 5.32 Å². The van der Waals surface area contributed by atoms with E-state index < -0.39 is 0 Å². The standard InChI is InChI=1S/C11H18BrN3/c1-5-11(3,4)7-13-10-6-9(12)14-8(2)15-10/h6H,5,7H2,1-4H3,(H,13,14,15). The number of hydrogen-bond acceptors (Lipinski definition) is 3. The van der Waals surface area contributed by atoms with E-state index in [-0.39, 0.29) is 0 Å². The van der Waals surface area contributed by atoms with E-state index in [1.54, 1.807) is 0 Å². The fraction of sp³-hybridized carbons (Fsp3) is 0.636. The highest BCUT2D eigenvalue weighted by Crippen LogP contribution is 2.20. The van der Waals surface area contributed by atoms with Crippen molar-refractivity contribution < 1.29 is 0 Å². The Morgan fingerprint density at radius 1 is 1.40 bits per heavy atom. The molecule has 0 aliphatic carbocycles. The predicted octanol–water partition coefficient (Wildman–Crippen LogP) is 3.40.